The fraction of sp³-hybridized carbons (Fsp3) is 0.235. The average Bonchev–Trinajstić information content (AvgIpc) is 3.06. The summed E-state index contributed by atoms with van der Waals surface area (Å²) in [6, 6.07) is 8.95. The van der Waals surface area contributed by atoms with Gasteiger partial charge in [0.2, 0.25) is 5.13 Å². The minimum absolute atomic E-state index is 0.382. The van der Waals surface area contributed by atoms with Crippen molar-refractivity contribution in [3.63, 3.8) is 0 Å². The van der Waals surface area contributed by atoms with Crippen LogP contribution in [0.1, 0.15) is 23.0 Å². The van der Waals surface area contributed by atoms with E-state index in [2.05, 4.69) is 20.5 Å². The van der Waals surface area contributed by atoms with Crippen LogP contribution in [0.2, 0.25) is 0 Å². The van der Waals surface area contributed by atoms with Crippen LogP contribution in [0.15, 0.2) is 34.7 Å². The largest absolute Gasteiger partial charge is 0.452 e. The Labute approximate surface area is 158 Å². The highest BCUT2D eigenvalue weighted by molar-refractivity contribution is 8.01. The van der Waals surface area contributed by atoms with Crippen LogP contribution in [0, 0.1) is 6.92 Å². The number of esters is 1. The summed E-state index contributed by atoms with van der Waals surface area (Å²) in [6.07, 6.45) is 0. The van der Waals surface area contributed by atoms with E-state index in [1.165, 1.54) is 11.3 Å². The van der Waals surface area contributed by atoms with Crippen molar-refractivity contribution in [1.82, 2.24) is 15.2 Å². The standard InChI is InChI=1S/C17H16N4O3S2/c1-3-25-17-21-20-16(26-17)19-14(22)9-24-15(23)12-8-10(2)18-13-7-5-4-6-11(12)13/h4-8H,3,9H2,1-2H3,(H,19,20,22). The van der Waals surface area contributed by atoms with Crippen molar-refractivity contribution >= 4 is 51.0 Å². The molecule has 0 aliphatic rings. The van der Waals surface area contributed by atoms with E-state index < -0.39 is 18.5 Å². The maximum absolute atomic E-state index is 12.4. The molecule has 0 bridgehead atoms. The van der Waals surface area contributed by atoms with Gasteiger partial charge in [0.15, 0.2) is 10.9 Å². The first-order valence-electron chi connectivity index (χ1n) is 7.86. The van der Waals surface area contributed by atoms with Crippen molar-refractivity contribution in [2.24, 2.45) is 0 Å². The summed E-state index contributed by atoms with van der Waals surface area (Å²) >= 11 is 2.82. The number of nitrogens with one attached hydrogen (secondary N) is 1. The lowest BCUT2D eigenvalue weighted by Crippen LogP contribution is -2.21. The van der Waals surface area contributed by atoms with Gasteiger partial charge in [-0.1, -0.05) is 48.2 Å². The number of nitrogens with zero attached hydrogens (tertiary/aromatic N) is 3. The molecule has 1 N–H and O–H groups in total. The Hall–Kier alpha value is -2.52. The number of hydrogen-bond donors (Lipinski definition) is 1. The van der Waals surface area contributed by atoms with Gasteiger partial charge in [-0.3, -0.25) is 15.1 Å². The van der Waals surface area contributed by atoms with Gasteiger partial charge in [-0.2, -0.15) is 0 Å². The van der Waals surface area contributed by atoms with Crippen molar-refractivity contribution in [2.45, 2.75) is 18.2 Å². The van der Waals surface area contributed by atoms with Gasteiger partial charge in [0.25, 0.3) is 5.91 Å². The number of ether oxygens (including phenoxy) is 1. The van der Waals surface area contributed by atoms with Crippen molar-refractivity contribution in [2.75, 3.05) is 17.7 Å². The van der Waals surface area contributed by atoms with Gasteiger partial charge in [-0.15, -0.1) is 10.2 Å². The molecule has 2 heterocycles. The summed E-state index contributed by atoms with van der Waals surface area (Å²) in [5.41, 5.74) is 1.80. The predicted octanol–water partition coefficient (Wildman–Crippen LogP) is 3.30. The van der Waals surface area contributed by atoms with Gasteiger partial charge >= 0.3 is 5.97 Å². The quantitative estimate of drug-likeness (QED) is 0.393. The molecule has 26 heavy (non-hydrogen) atoms. The van der Waals surface area contributed by atoms with Crippen LogP contribution in [0.25, 0.3) is 10.9 Å². The van der Waals surface area contributed by atoms with Crippen LogP contribution in [-0.4, -0.2) is 39.4 Å². The number of carbonyl (C=O) groups is 2. The molecule has 134 valence electrons. The summed E-state index contributed by atoms with van der Waals surface area (Å²) < 4.78 is 5.93. The topological polar surface area (TPSA) is 94.1 Å². The molecule has 0 aliphatic carbocycles. The van der Waals surface area contributed by atoms with Gasteiger partial charge in [0.1, 0.15) is 0 Å². The molecule has 3 rings (SSSR count). The van der Waals surface area contributed by atoms with Gasteiger partial charge < -0.3 is 4.74 Å². The molecule has 9 heteroatoms. The second-order valence-electron chi connectivity index (χ2n) is 5.26. The predicted molar refractivity (Wildman–Crippen MR) is 102 cm³/mol. The third-order valence-electron chi connectivity index (χ3n) is 3.32. The number of hydrogen-bond acceptors (Lipinski definition) is 8. The number of benzene rings is 1. The summed E-state index contributed by atoms with van der Waals surface area (Å²) in [5.74, 6) is -0.154. The van der Waals surface area contributed by atoms with Gasteiger partial charge in [0, 0.05) is 11.1 Å². The van der Waals surface area contributed by atoms with Crippen molar-refractivity contribution in [3.05, 3.63) is 41.6 Å². The fourth-order valence-corrected chi connectivity index (χ4v) is 3.95. The molecule has 0 saturated carbocycles. The van der Waals surface area contributed by atoms with Crippen molar-refractivity contribution in [3.8, 4) is 0 Å². The molecule has 0 saturated heterocycles. The van der Waals surface area contributed by atoms with E-state index in [-0.39, 0.29) is 0 Å². The van der Waals surface area contributed by atoms with Crippen LogP contribution in [-0.2, 0) is 9.53 Å². The monoisotopic (exact) mass is 388 g/mol. The van der Waals surface area contributed by atoms with E-state index in [1.54, 1.807) is 30.8 Å². The third kappa shape index (κ3) is 4.36. The molecule has 1 amide bonds. The second kappa shape index (κ2) is 8.24. The first-order chi connectivity index (χ1) is 12.6. The summed E-state index contributed by atoms with van der Waals surface area (Å²) in [6.45, 7) is 3.41. The number of fused-ring (bicyclic) bond motifs is 1. The smallest absolute Gasteiger partial charge is 0.339 e. The van der Waals surface area contributed by atoms with Crippen molar-refractivity contribution < 1.29 is 14.3 Å². The molecule has 1 aromatic carbocycles. The summed E-state index contributed by atoms with van der Waals surface area (Å²) in [7, 11) is 0. The number of para-hydroxylation sites is 1. The molecule has 0 atom stereocenters. The Bertz CT molecular complexity index is 958. The van der Waals surface area contributed by atoms with Crippen LogP contribution in [0.5, 0.6) is 0 Å². The van der Waals surface area contributed by atoms with E-state index in [9.17, 15) is 9.59 Å². The Morgan fingerprint density at radius 3 is 2.88 bits per heavy atom. The first-order valence-corrected chi connectivity index (χ1v) is 9.66. The molecular formula is C17H16N4O3S2. The molecule has 3 aromatic rings. The number of rotatable bonds is 6. The molecular weight excluding hydrogens is 372 g/mol. The Morgan fingerprint density at radius 2 is 2.08 bits per heavy atom. The van der Waals surface area contributed by atoms with E-state index in [4.69, 9.17) is 4.74 Å². The van der Waals surface area contributed by atoms with E-state index in [1.807, 2.05) is 25.1 Å². The molecule has 0 aliphatic heterocycles. The molecule has 2 aromatic heterocycles. The average molecular weight is 388 g/mol. The van der Waals surface area contributed by atoms with Gasteiger partial charge in [-0.05, 0) is 24.8 Å². The van der Waals surface area contributed by atoms with Crippen LogP contribution >= 0.6 is 23.1 Å². The lowest BCUT2D eigenvalue weighted by Gasteiger charge is -2.08. The number of thioether (sulfide) groups is 1. The lowest BCUT2D eigenvalue weighted by atomic mass is 10.1. The second-order valence-corrected chi connectivity index (χ2v) is 7.75. The Kier molecular flexibility index (Phi) is 5.79. The normalized spacial score (nSPS) is 10.7. The number of aromatic nitrogens is 3. The Morgan fingerprint density at radius 1 is 1.27 bits per heavy atom. The minimum Gasteiger partial charge on any atom is -0.452 e. The minimum atomic E-state index is -0.568. The lowest BCUT2D eigenvalue weighted by molar-refractivity contribution is -0.119. The molecule has 0 fully saturated rings. The first kappa shape index (κ1) is 18.3. The molecule has 0 radical (unpaired) electrons. The molecule has 0 spiro atoms. The van der Waals surface area contributed by atoms with Crippen LogP contribution in [0.4, 0.5) is 5.13 Å². The van der Waals surface area contributed by atoms with Crippen LogP contribution < -0.4 is 5.32 Å². The Balaban J connectivity index is 1.64. The molecule has 0 unspecified atom stereocenters. The zero-order valence-electron chi connectivity index (χ0n) is 14.2. The number of pyridine rings is 1. The summed E-state index contributed by atoms with van der Waals surface area (Å²) in [4.78, 5) is 28.8. The number of carbonyl (C=O) groups excluding carboxylic acids is 2. The van der Waals surface area contributed by atoms with Crippen LogP contribution in [0.3, 0.4) is 0 Å². The highest BCUT2D eigenvalue weighted by atomic mass is 32.2. The molecule has 7 nitrogen and oxygen atoms in total. The number of anilines is 1. The maximum Gasteiger partial charge on any atom is 0.339 e. The summed E-state index contributed by atoms with van der Waals surface area (Å²) in [5, 5.41) is 11.5. The SMILES string of the molecule is CCSc1nnc(NC(=O)COC(=O)c2cc(C)nc3ccccc23)s1. The third-order valence-corrected chi connectivity index (χ3v) is 5.17. The van der Waals surface area contributed by atoms with Gasteiger partial charge in [-0.25, -0.2) is 4.79 Å². The maximum atomic E-state index is 12.4. The number of aryl methyl sites for hydroxylation is 1. The van der Waals surface area contributed by atoms with Gasteiger partial charge in [0.05, 0.1) is 11.1 Å². The zero-order chi connectivity index (χ0) is 18.5. The number of amides is 1. The zero-order valence-corrected chi connectivity index (χ0v) is 15.8. The highest BCUT2D eigenvalue weighted by Gasteiger charge is 2.16. The van der Waals surface area contributed by atoms with Crippen molar-refractivity contribution in [1.29, 1.82) is 0 Å². The van der Waals surface area contributed by atoms with E-state index >= 15 is 0 Å². The van der Waals surface area contributed by atoms with E-state index in [0.29, 0.717) is 27.3 Å². The fourth-order valence-electron chi connectivity index (χ4n) is 2.28. The highest BCUT2D eigenvalue weighted by Crippen LogP contribution is 2.25. The van der Waals surface area contributed by atoms with E-state index in [0.717, 1.165) is 10.1 Å².